The molecule has 1 N–H and O–H groups in total. The van der Waals surface area contributed by atoms with Crippen LogP contribution in [-0.2, 0) is 4.74 Å². The molecule has 0 aromatic rings. The molecule has 0 unspecified atom stereocenters. The highest BCUT2D eigenvalue weighted by Crippen LogP contribution is 2.11. The van der Waals surface area contributed by atoms with Crippen LogP contribution in [-0.4, -0.2) is 26.3 Å². The monoisotopic (exact) mass is 299 g/mol. The Morgan fingerprint density at radius 1 is 0.524 bits per heavy atom. The minimum atomic E-state index is 0.925. The third kappa shape index (κ3) is 19.9. The van der Waals surface area contributed by atoms with E-state index in [1.807, 2.05) is 0 Å². The second kappa shape index (κ2) is 19.9. The summed E-state index contributed by atoms with van der Waals surface area (Å²) in [5.41, 5.74) is 0. The molecule has 0 aromatic carbocycles. The molecule has 0 heterocycles. The molecule has 0 bridgehead atoms. The van der Waals surface area contributed by atoms with E-state index in [2.05, 4.69) is 19.2 Å². The predicted molar refractivity (Wildman–Crippen MR) is 95.1 cm³/mol. The fraction of sp³-hybridized carbons (Fsp3) is 1.00. The molecule has 0 saturated carbocycles. The van der Waals surface area contributed by atoms with E-state index in [9.17, 15) is 0 Å². The van der Waals surface area contributed by atoms with Gasteiger partial charge in [0.15, 0.2) is 0 Å². The standard InChI is InChI=1S/C19H41NO/c1-3-5-6-7-8-9-10-11-12-13-14-18-21-19-15-17-20-16-4-2/h20H,3-19H2,1-2H3. The van der Waals surface area contributed by atoms with Crippen molar-refractivity contribution in [2.24, 2.45) is 0 Å². The first-order chi connectivity index (χ1) is 10.4. The summed E-state index contributed by atoms with van der Waals surface area (Å²) in [6, 6.07) is 0. The number of hydrogen-bond acceptors (Lipinski definition) is 2. The lowest BCUT2D eigenvalue weighted by atomic mass is 10.1. The van der Waals surface area contributed by atoms with Crippen LogP contribution in [0.15, 0.2) is 0 Å². The van der Waals surface area contributed by atoms with E-state index < -0.39 is 0 Å². The van der Waals surface area contributed by atoms with Crippen molar-refractivity contribution >= 4 is 0 Å². The molecular weight excluding hydrogens is 258 g/mol. The molecule has 0 aliphatic rings. The Kier molecular flexibility index (Phi) is 19.8. The van der Waals surface area contributed by atoms with E-state index in [0.29, 0.717) is 0 Å². The second-order valence-electron chi connectivity index (χ2n) is 6.25. The fourth-order valence-corrected chi connectivity index (χ4v) is 2.57. The number of ether oxygens (including phenoxy) is 1. The first-order valence-corrected chi connectivity index (χ1v) is 9.70. The van der Waals surface area contributed by atoms with Crippen LogP contribution in [0.25, 0.3) is 0 Å². The maximum absolute atomic E-state index is 5.66. The highest BCUT2D eigenvalue weighted by molar-refractivity contribution is 4.49. The highest BCUT2D eigenvalue weighted by atomic mass is 16.5. The quantitative estimate of drug-likeness (QED) is 0.328. The third-order valence-corrected chi connectivity index (χ3v) is 3.96. The topological polar surface area (TPSA) is 21.3 Å². The van der Waals surface area contributed by atoms with Gasteiger partial charge in [-0.2, -0.15) is 0 Å². The zero-order valence-corrected chi connectivity index (χ0v) is 14.9. The number of rotatable bonds is 18. The summed E-state index contributed by atoms with van der Waals surface area (Å²) in [7, 11) is 0. The zero-order valence-electron chi connectivity index (χ0n) is 14.9. The molecule has 0 amide bonds. The number of hydrogen-bond donors (Lipinski definition) is 1. The lowest BCUT2D eigenvalue weighted by Crippen LogP contribution is -2.17. The molecule has 0 aromatic heterocycles. The van der Waals surface area contributed by atoms with Crippen molar-refractivity contribution in [2.45, 2.75) is 97.3 Å². The molecule has 0 saturated heterocycles. The van der Waals surface area contributed by atoms with Gasteiger partial charge >= 0.3 is 0 Å². The average molecular weight is 300 g/mol. The SMILES string of the molecule is CCCCCCCCCCCCCOCCCNCCC. The van der Waals surface area contributed by atoms with Gasteiger partial charge in [-0.15, -0.1) is 0 Å². The van der Waals surface area contributed by atoms with E-state index >= 15 is 0 Å². The normalized spacial score (nSPS) is 11.1. The summed E-state index contributed by atoms with van der Waals surface area (Å²) < 4.78 is 5.66. The Bertz CT molecular complexity index is 155. The summed E-state index contributed by atoms with van der Waals surface area (Å²) in [6.45, 7) is 8.62. The van der Waals surface area contributed by atoms with Crippen molar-refractivity contribution in [3.8, 4) is 0 Å². The summed E-state index contributed by atoms with van der Waals surface area (Å²) >= 11 is 0. The highest BCUT2D eigenvalue weighted by Gasteiger charge is 1.94. The lowest BCUT2D eigenvalue weighted by molar-refractivity contribution is 0.127. The molecule has 0 radical (unpaired) electrons. The summed E-state index contributed by atoms with van der Waals surface area (Å²) in [5, 5.41) is 3.40. The third-order valence-electron chi connectivity index (χ3n) is 3.96. The predicted octanol–water partition coefficient (Wildman–Crippen LogP) is 5.70. The molecule has 0 atom stereocenters. The summed E-state index contributed by atoms with van der Waals surface area (Å²) in [6.07, 6.45) is 17.8. The maximum atomic E-state index is 5.66. The zero-order chi connectivity index (χ0) is 15.4. The van der Waals surface area contributed by atoms with Gasteiger partial charge in [0.1, 0.15) is 0 Å². The van der Waals surface area contributed by atoms with Crippen LogP contribution in [0.4, 0.5) is 0 Å². The van der Waals surface area contributed by atoms with Crippen molar-refractivity contribution < 1.29 is 4.74 Å². The van der Waals surface area contributed by atoms with Crippen LogP contribution < -0.4 is 5.32 Å². The van der Waals surface area contributed by atoms with Crippen LogP contribution in [0, 0.1) is 0 Å². The van der Waals surface area contributed by atoms with Crippen molar-refractivity contribution in [1.82, 2.24) is 5.32 Å². The molecule has 2 nitrogen and oxygen atoms in total. The Balaban J connectivity index is 2.90. The van der Waals surface area contributed by atoms with Crippen LogP contribution in [0.1, 0.15) is 97.3 Å². The molecule has 0 spiro atoms. The van der Waals surface area contributed by atoms with Crippen molar-refractivity contribution in [3.63, 3.8) is 0 Å². The summed E-state index contributed by atoms with van der Waals surface area (Å²) in [5.74, 6) is 0. The first-order valence-electron chi connectivity index (χ1n) is 9.70. The minimum absolute atomic E-state index is 0.925. The first kappa shape index (κ1) is 20.9. The van der Waals surface area contributed by atoms with Crippen LogP contribution in [0.3, 0.4) is 0 Å². The molecule has 0 fully saturated rings. The van der Waals surface area contributed by atoms with Gasteiger partial charge in [0.2, 0.25) is 0 Å². The van der Waals surface area contributed by atoms with E-state index in [-0.39, 0.29) is 0 Å². The van der Waals surface area contributed by atoms with Gasteiger partial charge < -0.3 is 10.1 Å². The Hall–Kier alpha value is -0.0800. The second-order valence-corrected chi connectivity index (χ2v) is 6.25. The minimum Gasteiger partial charge on any atom is -0.381 e. The van der Waals surface area contributed by atoms with Crippen LogP contribution >= 0.6 is 0 Å². The van der Waals surface area contributed by atoms with Gasteiger partial charge in [0, 0.05) is 13.2 Å². The fourth-order valence-electron chi connectivity index (χ4n) is 2.57. The van der Waals surface area contributed by atoms with Crippen LogP contribution in [0.5, 0.6) is 0 Å². The van der Waals surface area contributed by atoms with Crippen molar-refractivity contribution in [3.05, 3.63) is 0 Å². The molecular formula is C19H41NO. The van der Waals surface area contributed by atoms with E-state index in [4.69, 9.17) is 4.74 Å². The number of unbranched alkanes of at least 4 members (excludes halogenated alkanes) is 10. The van der Waals surface area contributed by atoms with Gasteiger partial charge in [0.05, 0.1) is 0 Å². The smallest absolute Gasteiger partial charge is 0.0478 e. The Labute approximate surface area is 134 Å². The van der Waals surface area contributed by atoms with Gasteiger partial charge in [-0.3, -0.25) is 0 Å². The average Bonchev–Trinajstić information content (AvgIpc) is 2.50. The van der Waals surface area contributed by atoms with Gasteiger partial charge in [-0.25, -0.2) is 0 Å². The van der Waals surface area contributed by atoms with Crippen LogP contribution in [0.2, 0.25) is 0 Å². The molecule has 21 heavy (non-hydrogen) atoms. The largest absolute Gasteiger partial charge is 0.381 e. The van der Waals surface area contributed by atoms with Crippen molar-refractivity contribution in [1.29, 1.82) is 0 Å². The van der Waals surface area contributed by atoms with Gasteiger partial charge in [-0.1, -0.05) is 78.1 Å². The lowest BCUT2D eigenvalue weighted by Gasteiger charge is -2.05. The van der Waals surface area contributed by atoms with E-state index in [0.717, 1.165) is 32.7 Å². The van der Waals surface area contributed by atoms with Gasteiger partial charge in [0.25, 0.3) is 0 Å². The van der Waals surface area contributed by atoms with E-state index in [1.54, 1.807) is 0 Å². The molecule has 2 heteroatoms. The maximum Gasteiger partial charge on any atom is 0.0478 e. The Morgan fingerprint density at radius 2 is 1.05 bits per heavy atom. The number of nitrogens with one attached hydrogen (secondary N) is 1. The molecule has 0 rings (SSSR count). The molecule has 128 valence electrons. The van der Waals surface area contributed by atoms with Crippen molar-refractivity contribution in [2.75, 3.05) is 26.3 Å². The molecule has 0 aliphatic heterocycles. The van der Waals surface area contributed by atoms with E-state index in [1.165, 1.54) is 77.0 Å². The molecule has 0 aliphatic carbocycles. The van der Waals surface area contributed by atoms with Gasteiger partial charge in [-0.05, 0) is 32.4 Å². The Morgan fingerprint density at radius 3 is 1.62 bits per heavy atom. The summed E-state index contributed by atoms with van der Waals surface area (Å²) in [4.78, 5) is 0.